The lowest BCUT2D eigenvalue weighted by atomic mass is 10.1. The number of halogens is 1. The van der Waals surface area contributed by atoms with Gasteiger partial charge in [0.25, 0.3) is 5.91 Å². The molecule has 1 atom stereocenters. The maximum atomic E-state index is 12.3. The lowest BCUT2D eigenvalue weighted by molar-refractivity contribution is -0.121. The van der Waals surface area contributed by atoms with E-state index < -0.39 is 0 Å². The summed E-state index contributed by atoms with van der Waals surface area (Å²) in [5, 5.41) is 6.41. The number of nitrogens with zero attached hydrogens (tertiary/aromatic N) is 1. The van der Waals surface area contributed by atoms with E-state index in [2.05, 4.69) is 15.5 Å². The summed E-state index contributed by atoms with van der Waals surface area (Å²) in [5.74, 6) is 1.49. The fraction of sp³-hybridized carbons (Fsp3) is 0.455. The second kappa shape index (κ2) is 11.2. The highest BCUT2D eigenvalue weighted by atomic mass is 35.5. The van der Waals surface area contributed by atoms with Crippen LogP contribution in [0.25, 0.3) is 0 Å². The third kappa shape index (κ3) is 6.58. The lowest BCUT2D eigenvalue weighted by Gasteiger charge is -2.33. The first kappa shape index (κ1) is 22.3. The van der Waals surface area contributed by atoms with Gasteiger partial charge < -0.3 is 19.8 Å². The Bertz CT molecular complexity index is 831. The zero-order valence-electron chi connectivity index (χ0n) is 17.2. The lowest BCUT2D eigenvalue weighted by Crippen LogP contribution is -2.43. The van der Waals surface area contributed by atoms with Crippen LogP contribution in [0.4, 0.5) is 0 Å². The Morgan fingerprint density at radius 1 is 1.10 bits per heavy atom. The van der Waals surface area contributed by atoms with Gasteiger partial charge in [0.1, 0.15) is 11.5 Å². The molecule has 2 N–H and O–H groups in total. The standard InChI is InChI=1S/C22H28ClN3O4/c1-16-4-9-20(30-16)19(26-11-13-29-14-12-26)15-25-21(27)3-2-10-24-22(28)17-5-7-18(23)8-6-17/h4-9,19H,2-3,10-15H2,1H3,(H,24,28)(H,25,27). The number of nitrogens with one attached hydrogen (secondary N) is 2. The van der Waals surface area contributed by atoms with Gasteiger partial charge in [-0.2, -0.15) is 0 Å². The Morgan fingerprint density at radius 2 is 1.83 bits per heavy atom. The first-order valence-electron chi connectivity index (χ1n) is 10.2. The van der Waals surface area contributed by atoms with Gasteiger partial charge in [0.05, 0.1) is 19.3 Å². The molecule has 0 spiro atoms. The SMILES string of the molecule is Cc1ccc(C(CNC(=O)CCCNC(=O)c2ccc(Cl)cc2)N2CCOCC2)o1. The van der Waals surface area contributed by atoms with E-state index in [-0.39, 0.29) is 17.9 Å². The number of ether oxygens (including phenoxy) is 1. The number of hydrogen-bond acceptors (Lipinski definition) is 5. The number of hydrogen-bond donors (Lipinski definition) is 2. The van der Waals surface area contributed by atoms with Crippen LogP contribution < -0.4 is 10.6 Å². The van der Waals surface area contributed by atoms with Crippen molar-refractivity contribution in [3.8, 4) is 0 Å². The summed E-state index contributed by atoms with van der Waals surface area (Å²) in [4.78, 5) is 26.6. The molecule has 1 aliphatic heterocycles. The number of carbonyl (C=O) groups is 2. The van der Waals surface area contributed by atoms with Gasteiger partial charge in [-0.05, 0) is 49.7 Å². The van der Waals surface area contributed by atoms with Gasteiger partial charge in [0, 0.05) is 43.2 Å². The van der Waals surface area contributed by atoms with E-state index in [1.54, 1.807) is 24.3 Å². The van der Waals surface area contributed by atoms with Crippen molar-refractivity contribution >= 4 is 23.4 Å². The molecule has 1 aliphatic rings. The van der Waals surface area contributed by atoms with Gasteiger partial charge >= 0.3 is 0 Å². The molecule has 1 aromatic heterocycles. The second-order valence-electron chi connectivity index (χ2n) is 7.28. The minimum Gasteiger partial charge on any atom is -0.465 e. The van der Waals surface area contributed by atoms with Gasteiger partial charge in [-0.3, -0.25) is 14.5 Å². The number of aryl methyl sites for hydroxylation is 1. The van der Waals surface area contributed by atoms with Crippen molar-refractivity contribution in [2.24, 2.45) is 0 Å². The maximum Gasteiger partial charge on any atom is 0.251 e. The Hall–Kier alpha value is -2.35. The van der Waals surface area contributed by atoms with E-state index in [9.17, 15) is 9.59 Å². The van der Waals surface area contributed by atoms with E-state index in [1.807, 2.05) is 19.1 Å². The third-order valence-corrected chi connectivity index (χ3v) is 5.29. The van der Waals surface area contributed by atoms with Crippen LogP contribution in [0.3, 0.4) is 0 Å². The highest BCUT2D eigenvalue weighted by molar-refractivity contribution is 6.30. The summed E-state index contributed by atoms with van der Waals surface area (Å²) in [6, 6.07) is 10.6. The average Bonchev–Trinajstić information content (AvgIpc) is 3.18. The second-order valence-corrected chi connectivity index (χ2v) is 7.72. The van der Waals surface area contributed by atoms with E-state index in [1.165, 1.54) is 0 Å². The van der Waals surface area contributed by atoms with Crippen LogP contribution in [0.5, 0.6) is 0 Å². The van der Waals surface area contributed by atoms with E-state index in [0.29, 0.717) is 49.7 Å². The molecule has 1 unspecified atom stereocenters. The summed E-state index contributed by atoms with van der Waals surface area (Å²) >= 11 is 5.83. The molecule has 0 bridgehead atoms. The molecule has 1 saturated heterocycles. The predicted molar refractivity (Wildman–Crippen MR) is 115 cm³/mol. The van der Waals surface area contributed by atoms with Crippen molar-refractivity contribution < 1.29 is 18.7 Å². The zero-order chi connectivity index (χ0) is 21.3. The molecule has 0 aliphatic carbocycles. The fourth-order valence-electron chi connectivity index (χ4n) is 3.38. The predicted octanol–water partition coefficient (Wildman–Crippen LogP) is 2.94. The molecule has 162 valence electrons. The van der Waals surface area contributed by atoms with Crippen LogP contribution in [-0.2, 0) is 9.53 Å². The van der Waals surface area contributed by atoms with Gasteiger partial charge in [0.15, 0.2) is 0 Å². The normalized spacial score (nSPS) is 15.5. The molecular formula is C22H28ClN3O4. The quantitative estimate of drug-likeness (QED) is 0.594. The van der Waals surface area contributed by atoms with E-state index >= 15 is 0 Å². The van der Waals surface area contributed by atoms with Crippen molar-refractivity contribution in [3.05, 3.63) is 58.5 Å². The topological polar surface area (TPSA) is 83.8 Å². The van der Waals surface area contributed by atoms with Crippen molar-refractivity contribution in [2.75, 3.05) is 39.4 Å². The van der Waals surface area contributed by atoms with Crippen molar-refractivity contribution in [2.45, 2.75) is 25.8 Å². The van der Waals surface area contributed by atoms with Crippen LogP contribution in [0.2, 0.25) is 5.02 Å². The molecule has 1 fully saturated rings. The maximum absolute atomic E-state index is 12.3. The van der Waals surface area contributed by atoms with E-state index in [0.717, 1.165) is 24.6 Å². The number of benzene rings is 1. The summed E-state index contributed by atoms with van der Waals surface area (Å²) in [6.07, 6.45) is 0.904. The Labute approximate surface area is 181 Å². The van der Waals surface area contributed by atoms with Crippen molar-refractivity contribution in [1.82, 2.24) is 15.5 Å². The van der Waals surface area contributed by atoms with E-state index in [4.69, 9.17) is 20.8 Å². The third-order valence-electron chi connectivity index (χ3n) is 5.04. The molecule has 7 nitrogen and oxygen atoms in total. The minimum absolute atomic E-state index is 0.0174. The summed E-state index contributed by atoms with van der Waals surface area (Å²) in [7, 11) is 0. The van der Waals surface area contributed by atoms with Crippen LogP contribution in [0.1, 0.15) is 40.8 Å². The summed E-state index contributed by atoms with van der Waals surface area (Å²) < 4.78 is 11.3. The zero-order valence-corrected chi connectivity index (χ0v) is 17.9. The number of carbonyl (C=O) groups excluding carboxylic acids is 2. The molecule has 8 heteroatoms. The van der Waals surface area contributed by atoms with Crippen LogP contribution >= 0.6 is 11.6 Å². The van der Waals surface area contributed by atoms with Gasteiger partial charge in [-0.25, -0.2) is 0 Å². The molecule has 2 heterocycles. The molecule has 0 saturated carbocycles. The number of amides is 2. The molecule has 2 amide bonds. The number of furan rings is 1. The highest BCUT2D eigenvalue weighted by Gasteiger charge is 2.25. The average molecular weight is 434 g/mol. The van der Waals surface area contributed by atoms with Crippen LogP contribution in [0, 0.1) is 6.92 Å². The largest absolute Gasteiger partial charge is 0.465 e. The first-order chi connectivity index (χ1) is 14.5. The Kier molecular flexibility index (Phi) is 8.30. The van der Waals surface area contributed by atoms with Gasteiger partial charge in [-0.1, -0.05) is 11.6 Å². The minimum atomic E-state index is -0.173. The Morgan fingerprint density at radius 3 is 2.50 bits per heavy atom. The number of morpholine rings is 1. The molecule has 30 heavy (non-hydrogen) atoms. The number of rotatable bonds is 9. The van der Waals surface area contributed by atoms with Crippen molar-refractivity contribution in [3.63, 3.8) is 0 Å². The molecular weight excluding hydrogens is 406 g/mol. The summed E-state index contributed by atoms with van der Waals surface area (Å²) in [5.41, 5.74) is 0.547. The Balaban J connectivity index is 1.41. The van der Waals surface area contributed by atoms with Crippen LogP contribution in [0.15, 0.2) is 40.8 Å². The highest BCUT2D eigenvalue weighted by Crippen LogP contribution is 2.23. The molecule has 0 radical (unpaired) electrons. The smallest absolute Gasteiger partial charge is 0.251 e. The molecule has 3 rings (SSSR count). The fourth-order valence-corrected chi connectivity index (χ4v) is 3.51. The van der Waals surface area contributed by atoms with Gasteiger partial charge in [-0.15, -0.1) is 0 Å². The van der Waals surface area contributed by atoms with Gasteiger partial charge in [0.2, 0.25) is 5.91 Å². The van der Waals surface area contributed by atoms with Crippen LogP contribution in [-0.4, -0.2) is 56.1 Å². The monoisotopic (exact) mass is 433 g/mol. The van der Waals surface area contributed by atoms with Crippen molar-refractivity contribution in [1.29, 1.82) is 0 Å². The molecule has 2 aromatic rings. The summed E-state index contributed by atoms with van der Waals surface area (Å²) in [6.45, 7) is 5.78. The molecule has 1 aromatic carbocycles. The first-order valence-corrected chi connectivity index (χ1v) is 10.6.